The molecule has 1 atom stereocenters. The summed E-state index contributed by atoms with van der Waals surface area (Å²) in [4.78, 5) is 37.5. The Morgan fingerprint density at radius 1 is 1.22 bits per heavy atom. The number of hydrogen-bond donors (Lipinski definition) is 2. The van der Waals surface area contributed by atoms with E-state index in [1.165, 1.54) is 25.4 Å². The zero-order valence-corrected chi connectivity index (χ0v) is 16.4. The summed E-state index contributed by atoms with van der Waals surface area (Å²) in [5, 5.41) is 6.23. The monoisotopic (exact) mass is 386 g/mol. The predicted molar refractivity (Wildman–Crippen MR) is 106 cm³/mol. The Bertz CT molecular complexity index is 903. The molecule has 7 heteroatoms. The number of fused-ring (bicyclic) bond motifs is 1. The van der Waals surface area contributed by atoms with E-state index in [2.05, 4.69) is 17.6 Å². The third-order valence-electron chi connectivity index (χ3n) is 4.57. The highest BCUT2D eigenvalue weighted by atomic mass is 32.1. The molecule has 2 aromatic rings. The molecule has 1 aromatic heterocycles. The minimum Gasteiger partial charge on any atom is -0.465 e. The molecule has 3 rings (SSSR count). The standard InChI is InChI=1S/C20H22N2O4S/c1-11-7-8-15-16(9-11)27-19(21-12(2)23)17(15)18(24)22-14-6-4-5-13(10-14)20(25)26-3/h4-6,10-11H,7-9H2,1-3H3,(H,21,23)(H,22,24)/t11-/m1/s1. The summed E-state index contributed by atoms with van der Waals surface area (Å²) in [5.41, 5.74) is 2.41. The van der Waals surface area contributed by atoms with Crippen LogP contribution < -0.4 is 10.6 Å². The Hall–Kier alpha value is -2.67. The maximum atomic E-state index is 13.0. The minimum atomic E-state index is -0.466. The highest BCUT2D eigenvalue weighted by Crippen LogP contribution is 2.40. The lowest BCUT2D eigenvalue weighted by Gasteiger charge is -2.18. The first-order valence-corrected chi connectivity index (χ1v) is 9.62. The van der Waals surface area contributed by atoms with Crippen LogP contribution in [0.2, 0.25) is 0 Å². The van der Waals surface area contributed by atoms with Crippen LogP contribution in [0.5, 0.6) is 0 Å². The van der Waals surface area contributed by atoms with Crippen molar-refractivity contribution in [3.8, 4) is 0 Å². The number of carbonyl (C=O) groups is 3. The third-order valence-corrected chi connectivity index (χ3v) is 5.74. The second kappa shape index (κ2) is 7.92. The van der Waals surface area contributed by atoms with Crippen molar-refractivity contribution < 1.29 is 19.1 Å². The fourth-order valence-electron chi connectivity index (χ4n) is 3.27. The van der Waals surface area contributed by atoms with Gasteiger partial charge in [0.2, 0.25) is 5.91 Å². The van der Waals surface area contributed by atoms with E-state index in [4.69, 9.17) is 4.74 Å². The summed E-state index contributed by atoms with van der Waals surface area (Å²) in [6, 6.07) is 6.59. The summed E-state index contributed by atoms with van der Waals surface area (Å²) in [6.45, 7) is 3.63. The van der Waals surface area contributed by atoms with Gasteiger partial charge in [0.25, 0.3) is 5.91 Å². The Kier molecular flexibility index (Phi) is 5.60. The third kappa shape index (κ3) is 4.19. The van der Waals surface area contributed by atoms with Crippen LogP contribution in [-0.4, -0.2) is 24.9 Å². The van der Waals surface area contributed by atoms with Gasteiger partial charge < -0.3 is 15.4 Å². The van der Waals surface area contributed by atoms with Gasteiger partial charge >= 0.3 is 5.97 Å². The molecule has 0 radical (unpaired) electrons. The molecule has 6 nitrogen and oxygen atoms in total. The van der Waals surface area contributed by atoms with E-state index in [1.807, 2.05) is 0 Å². The van der Waals surface area contributed by atoms with Crippen molar-refractivity contribution in [2.24, 2.45) is 5.92 Å². The first kappa shape index (κ1) is 19.1. The van der Waals surface area contributed by atoms with Crippen LogP contribution in [0.25, 0.3) is 0 Å². The van der Waals surface area contributed by atoms with E-state index >= 15 is 0 Å². The topological polar surface area (TPSA) is 84.5 Å². The molecule has 142 valence electrons. The molecule has 0 spiro atoms. The van der Waals surface area contributed by atoms with Gasteiger partial charge in [0, 0.05) is 17.5 Å². The van der Waals surface area contributed by atoms with Crippen LogP contribution in [0.3, 0.4) is 0 Å². The van der Waals surface area contributed by atoms with E-state index < -0.39 is 5.97 Å². The average Bonchev–Trinajstić information content (AvgIpc) is 2.97. The number of nitrogens with one attached hydrogen (secondary N) is 2. The van der Waals surface area contributed by atoms with Gasteiger partial charge in [-0.3, -0.25) is 9.59 Å². The number of anilines is 2. The largest absolute Gasteiger partial charge is 0.465 e. The Labute approximate surface area is 161 Å². The number of methoxy groups -OCH3 is 1. The molecule has 2 N–H and O–H groups in total. The van der Waals surface area contributed by atoms with Crippen LogP contribution in [0.4, 0.5) is 10.7 Å². The van der Waals surface area contributed by atoms with Gasteiger partial charge in [-0.1, -0.05) is 13.0 Å². The molecule has 0 saturated heterocycles. The highest BCUT2D eigenvalue weighted by Gasteiger charge is 2.28. The van der Waals surface area contributed by atoms with Crippen molar-refractivity contribution >= 4 is 39.8 Å². The van der Waals surface area contributed by atoms with E-state index in [0.717, 1.165) is 29.7 Å². The fourth-order valence-corrected chi connectivity index (χ4v) is 4.73. The smallest absolute Gasteiger partial charge is 0.337 e. The van der Waals surface area contributed by atoms with E-state index in [0.29, 0.717) is 27.7 Å². The average molecular weight is 386 g/mol. The normalized spacial score (nSPS) is 15.6. The number of carbonyl (C=O) groups excluding carboxylic acids is 3. The summed E-state index contributed by atoms with van der Waals surface area (Å²) in [6.07, 6.45) is 2.75. The summed E-state index contributed by atoms with van der Waals surface area (Å²) in [5.74, 6) is -0.392. The molecule has 27 heavy (non-hydrogen) atoms. The number of esters is 1. The molecular formula is C20H22N2O4S. The zero-order chi connectivity index (χ0) is 19.6. The summed E-state index contributed by atoms with van der Waals surface area (Å²) in [7, 11) is 1.31. The van der Waals surface area contributed by atoms with Gasteiger partial charge in [-0.05, 0) is 48.9 Å². The molecule has 1 aliphatic carbocycles. The molecule has 0 unspecified atom stereocenters. The van der Waals surface area contributed by atoms with Crippen molar-refractivity contribution in [1.29, 1.82) is 0 Å². The molecule has 0 aliphatic heterocycles. The van der Waals surface area contributed by atoms with Crippen LogP contribution in [0.15, 0.2) is 24.3 Å². The van der Waals surface area contributed by atoms with Crippen LogP contribution in [0.1, 0.15) is 51.4 Å². The van der Waals surface area contributed by atoms with Gasteiger partial charge in [0.05, 0.1) is 18.2 Å². The number of ether oxygens (including phenoxy) is 1. The van der Waals surface area contributed by atoms with Gasteiger partial charge in [-0.15, -0.1) is 11.3 Å². The van der Waals surface area contributed by atoms with Gasteiger partial charge in [-0.2, -0.15) is 0 Å². The number of rotatable bonds is 4. The lowest BCUT2D eigenvalue weighted by molar-refractivity contribution is -0.114. The number of hydrogen-bond acceptors (Lipinski definition) is 5. The SMILES string of the molecule is COC(=O)c1cccc(NC(=O)c2c(NC(C)=O)sc3c2CC[C@@H](C)C3)c1. The molecule has 1 heterocycles. The first-order valence-electron chi connectivity index (χ1n) is 8.81. The van der Waals surface area contributed by atoms with Gasteiger partial charge in [-0.25, -0.2) is 4.79 Å². The fraction of sp³-hybridized carbons (Fsp3) is 0.350. The Morgan fingerprint density at radius 2 is 2.00 bits per heavy atom. The highest BCUT2D eigenvalue weighted by molar-refractivity contribution is 7.17. The van der Waals surface area contributed by atoms with Crippen molar-refractivity contribution in [3.05, 3.63) is 45.8 Å². The van der Waals surface area contributed by atoms with Crippen molar-refractivity contribution in [3.63, 3.8) is 0 Å². The zero-order valence-electron chi connectivity index (χ0n) is 15.5. The maximum Gasteiger partial charge on any atom is 0.337 e. The minimum absolute atomic E-state index is 0.205. The molecular weight excluding hydrogens is 364 g/mol. The molecule has 2 amide bonds. The van der Waals surface area contributed by atoms with Gasteiger partial charge in [0.1, 0.15) is 5.00 Å². The van der Waals surface area contributed by atoms with Gasteiger partial charge in [0.15, 0.2) is 0 Å². The quantitative estimate of drug-likeness (QED) is 0.781. The lowest BCUT2D eigenvalue weighted by Crippen LogP contribution is -2.18. The molecule has 1 aromatic carbocycles. The van der Waals surface area contributed by atoms with Crippen molar-refractivity contribution in [1.82, 2.24) is 0 Å². The molecule has 0 bridgehead atoms. The van der Waals surface area contributed by atoms with Crippen LogP contribution in [0, 0.1) is 5.92 Å². The lowest BCUT2D eigenvalue weighted by atomic mass is 9.88. The first-order chi connectivity index (χ1) is 12.9. The second-order valence-electron chi connectivity index (χ2n) is 6.76. The molecule has 1 aliphatic rings. The predicted octanol–water partition coefficient (Wildman–Crippen LogP) is 3.87. The van der Waals surface area contributed by atoms with E-state index in [1.54, 1.807) is 24.3 Å². The number of benzene rings is 1. The van der Waals surface area contributed by atoms with Crippen molar-refractivity contribution in [2.45, 2.75) is 33.1 Å². The van der Waals surface area contributed by atoms with Crippen LogP contribution in [-0.2, 0) is 22.4 Å². The second-order valence-corrected chi connectivity index (χ2v) is 7.87. The maximum absolute atomic E-state index is 13.0. The molecule has 0 saturated carbocycles. The number of thiophene rings is 1. The summed E-state index contributed by atoms with van der Waals surface area (Å²) >= 11 is 1.48. The Morgan fingerprint density at radius 3 is 2.70 bits per heavy atom. The van der Waals surface area contributed by atoms with Crippen molar-refractivity contribution in [2.75, 3.05) is 17.7 Å². The van der Waals surface area contributed by atoms with E-state index in [9.17, 15) is 14.4 Å². The van der Waals surface area contributed by atoms with E-state index in [-0.39, 0.29) is 11.8 Å². The molecule has 0 fully saturated rings. The number of amides is 2. The Balaban J connectivity index is 1.92. The van der Waals surface area contributed by atoms with Crippen LogP contribution >= 0.6 is 11.3 Å². The summed E-state index contributed by atoms with van der Waals surface area (Å²) < 4.78 is 4.72.